The van der Waals surface area contributed by atoms with Crippen molar-refractivity contribution in [2.75, 3.05) is 12.4 Å². The molecule has 0 atom stereocenters. The lowest BCUT2D eigenvalue weighted by Crippen LogP contribution is -2.23. The summed E-state index contributed by atoms with van der Waals surface area (Å²) in [6.45, 7) is 3.83. The Balaban J connectivity index is 1.70. The van der Waals surface area contributed by atoms with Crippen LogP contribution < -0.4 is 5.32 Å². The first kappa shape index (κ1) is 20.6. The molecule has 0 saturated heterocycles. The van der Waals surface area contributed by atoms with E-state index in [0.29, 0.717) is 28.6 Å². The molecule has 0 radical (unpaired) electrons. The van der Waals surface area contributed by atoms with Crippen molar-refractivity contribution in [3.8, 4) is 0 Å². The number of hydrogen-bond donors (Lipinski definition) is 1. The number of benzene rings is 1. The van der Waals surface area contributed by atoms with Gasteiger partial charge in [0.15, 0.2) is 0 Å². The smallest absolute Gasteiger partial charge is 0.258 e. The van der Waals surface area contributed by atoms with Crippen molar-refractivity contribution in [2.24, 2.45) is 0 Å². The minimum atomic E-state index is -0.242. The van der Waals surface area contributed by atoms with Crippen molar-refractivity contribution in [3.05, 3.63) is 71.2 Å². The van der Waals surface area contributed by atoms with Crippen LogP contribution in [-0.2, 0) is 17.1 Å². The highest BCUT2D eigenvalue weighted by Crippen LogP contribution is 2.25. The SMILES string of the molecule is CC(=O)N(C)Cc1cccc(NC(=O)c2cccnc2SCc2cc(C)on2)c1. The first-order valence-corrected chi connectivity index (χ1v) is 10.0. The standard InChI is InChI=1S/C21H22N4O3S/c1-14-10-18(24-28-14)13-29-21-19(8-5-9-22-21)20(27)23-17-7-4-6-16(11-17)12-25(3)15(2)26/h4-11H,12-13H2,1-3H3,(H,23,27). The van der Waals surface area contributed by atoms with Gasteiger partial charge in [0.1, 0.15) is 10.8 Å². The zero-order valence-corrected chi connectivity index (χ0v) is 17.3. The quantitative estimate of drug-likeness (QED) is 0.594. The lowest BCUT2D eigenvalue weighted by atomic mass is 10.2. The summed E-state index contributed by atoms with van der Waals surface area (Å²) in [5.41, 5.74) is 2.88. The molecule has 2 aromatic heterocycles. The van der Waals surface area contributed by atoms with Crippen LogP contribution in [0, 0.1) is 6.92 Å². The van der Waals surface area contributed by atoms with Crippen LogP contribution in [0.4, 0.5) is 5.69 Å². The highest BCUT2D eigenvalue weighted by atomic mass is 32.2. The van der Waals surface area contributed by atoms with Gasteiger partial charge in [-0.05, 0) is 36.8 Å². The maximum absolute atomic E-state index is 12.8. The molecule has 7 nitrogen and oxygen atoms in total. The van der Waals surface area contributed by atoms with E-state index in [1.165, 1.54) is 18.7 Å². The molecule has 0 spiro atoms. The predicted octanol–water partition coefficient (Wildman–Crippen LogP) is 3.90. The largest absolute Gasteiger partial charge is 0.361 e. The predicted molar refractivity (Wildman–Crippen MR) is 112 cm³/mol. The highest BCUT2D eigenvalue weighted by molar-refractivity contribution is 7.98. The zero-order chi connectivity index (χ0) is 20.8. The lowest BCUT2D eigenvalue weighted by Gasteiger charge is -2.15. The number of carbonyl (C=O) groups excluding carboxylic acids is 2. The number of aryl methyl sites for hydroxylation is 1. The fraction of sp³-hybridized carbons (Fsp3) is 0.238. The molecule has 8 heteroatoms. The molecule has 3 rings (SSSR count). The number of hydrogen-bond acceptors (Lipinski definition) is 6. The van der Waals surface area contributed by atoms with Gasteiger partial charge in [-0.3, -0.25) is 9.59 Å². The van der Waals surface area contributed by atoms with Gasteiger partial charge in [0, 0.05) is 44.2 Å². The number of anilines is 1. The van der Waals surface area contributed by atoms with Crippen LogP contribution in [-0.4, -0.2) is 33.9 Å². The van der Waals surface area contributed by atoms with Crippen LogP contribution >= 0.6 is 11.8 Å². The van der Waals surface area contributed by atoms with E-state index >= 15 is 0 Å². The van der Waals surface area contributed by atoms with Crippen molar-refractivity contribution in [1.82, 2.24) is 15.0 Å². The second-order valence-corrected chi connectivity index (χ2v) is 7.57. The Morgan fingerprint density at radius 2 is 2.03 bits per heavy atom. The third kappa shape index (κ3) is 5.68. The van der Waals surface area contributed by atoms with E-state index in [1.54, 1.807) is 30.3 Å². The molecule has 2 heterocycles. The van der Waals surface area contributed by atoms with Crippen LogP contribution in [0.25, 0.3) is 0 Å². The number of carbonyl (C=O) groups is 2. The van der Waals surface area contributed by atoms with E-state index in [4.69, 9.17) is 4.52 Å². The number of aromatic nitrogens is 2. The maximum Gasteiger partial charge on any atom is 0.258 e. The topological polar surface area (TPSA) is 88.3 Å². The highest BCUT2D eigenvalue weighted by Gasteiger charge is 2.14. The normalized spacial score (nSPS) is 10.6. The van der Waals surface area contributed by atoms with Crippen LogP contribution in [0.2, 0.25) is 0 Å². The minimum absolute atomic E-state index is 0.0150. The summed E-state index contributed by atoms with van der Waals surface area (Å²) < 4.78 is 5.08. The Kier molecular flexibility index (Phi) is 6.66. The molecule has 0 aliphatic rings. The van der Waals surface area contributed by atoms with Crippen LogP contribution in [0.5, 0.6) is 0 Å². The summed E-state index contributed by atoms with van der Waals surface area (Å²) in [6, 6.07) is 12.8. The zero-order valence-electron chi connectivity index (χ0n) is 16.5. The molecule has 0 saturated carbocycles. The average molecular weight is 410 g/mol. The second kappa shape index (κ2) is 9.38. The van der Waals surface area contributed by atoms with Gasteiger partial charge in [-0.2, -0.15) is 0 Å². The van der Waals surface area contributed by atoms with Crippen molar-refractivity contribution in [2.45, 2.75) is 31.2 Å². The lowest BCUT2D eigenvalue weighted by molar-refractivity contribution is -0.128. The number of thioether (sulfide) groups is 1. The molecule has 0 unspecified atom stereocenters. The Labute approximate surface area is 173 Å². The van der Waals surface area contributed by atoms with Crippen LogP contribution in [0.15, 0.2) is 58.2 Å². The molecule has 150 valence electrons. The number of pyridine rings is 1. The summed E-state index contributed by atoms with van der Waals surface area (Å²) in [5.74, 6) is 1.05. The van der Waals surface area contributed by atoms with E-state index in [-0.39, 0.29) is 11.8 Å². The number of rotatable bonds is 7. The fourth-order valence-corrected chi connectivity index (χ4v) is 3.51. The molecule has 0 bridgehead atoms. The van der Waals surface area contributed by atoms with Crippen LogP contribution in [0.1, 0.15) is 34.3 Å². The van der Waals surface area contributed by atoms with Gasteiger partial charge in [0.05, 0.1) is 11.3 Å². The van der Waals surface area contributed by atoms with Gasteiger partial charge in [-0.1, -0.05) is 29.1 Å². The molecule has 1 N–H and O–H groups in total. The van der Waals surface area contributed by atoms with Gasteiger partial charge in [0.2, 0.25) is 5.91 Å². The average Bonchev–Trinajstić information content (AvgIpc) is 3.12. The number of amides is 2. The summed E-state index contributed by atoms with van der Waals surface area (Å²) in [6.07, 6.45) is 1.66. The van der Waals surface area contributed by atoms with E-state index in [9.17, 15) is 9.59 Å². The summed E-state index contributed by atoms with van der Waals surface area (Å²) in [5, 5.41) is 7.50. The molecule has 29 heavy (non-hydrogen) atoms. The monoisotopic (exact) mass is 410 g/mol. The molecule has 1 aromatic carbocycles. The molecular weight excluding hydrogens is 388 g/mol. The molecule has 3 aromatic rings. The fourth-order valence-electron chi connectivity index (χ4n) is 2.64. The Morgan fingerprint density at radius 1 is 1.21 bits per heavy atom. The number of nitrogens with zero attached hydrogens (tertiary/aromatic N) is 3. The van der Waals surface area contributed by atoms with Gasteiger partial charge in [0.25, 0.3) is 5.91 Å². The van der Waals surface area contributed by atoms with E-state index in [2.05, 4.69) is 15.5 Å². The van der Waals surface area contributed by atoms with Crippen molar-refractivity contribution in [3.63, 3.8) is 0 Å². The van der Waals surface area contributed by atoms with Gasteiger partial charge >= 0.3 is 0 Å². The van der Waals surface area contributed by atoms with Gasteiger partial charge < -0.3 is 14.7 Å². The van der Waals surface area contributed by atoms with Crippen LogP contribution in [0.3, 0.4) is 0 Å². The van der Waals surface area contributed by atoms with Crippen molar-refractivity contribution < 1.29 is 14.1 Å². The summed E-state index contributed by atoms with van der Waals surface area (Å²) in [7, 11) is 1.74. The molecule has 2 amide bonds. The first-order chi connectivity index (χ1) is 13.9. The van der Waals surface area contributed by atoms with Crippen molar-refractivity contribution in [1.29, 1.82) is 0 Å². The second-order valence-electron chi connectivity index (χ2n) is 6.60. The van der Waals surface area contributed by atoms with E-state index < -0.39 is 0 Å². The van der Waals surface area contributed by atoms with E-state index in [1.807, 2.05) is 37.3 Å². The summed E-state index contributed by atoms with van der Waals surface area (Å²) >= 11 is 1.43. The van der Waals surface area contributed by atoms with Crippen molar-refractivity contribution >= 4 is 29.3 Å². The number of nitrogens with one attached hydrogen (secondary N) is 1. The Hall–Kier alpha value is -3.13. The first-order valence-electron chi connectivity index (χ1n) is 9.04. The third-order valence-corrected chi connectivity index (χ3v) is 5.23. The summed E-state index contributed by atoms with van der Waals surface area (Å²) in [4.78, 5) is 30.2. The molecule has 0 aliphatic carbocycles. The Bertz CT molecular complexity index is 1020. The minimum Gasteiger partial charge on any atom is -0.361 e. The Morgan fingerprint density at radius 3 is 2.76 bits per heavy atom. The molecule has 0 fully saturated rings. The molecular formula is C21H22N4O3S. The van der Waals surface area contributed by atoms with Gasteiger partial charge in [-0.25, -0.2) is 4.98 Å². The third-order valence-electron chi connectivity index (χ3n) is 4.19. The van der Waals surface area contributed by atoms with E-state index in [0.717, 1.165) is 17.0 Å². The maximum atomic E-state index is 12.8. The molecule has 0 aliphatic heterocycles. The van der Waals surface area contributed by atoms with Gasteiger partial charge in [-0.15, -0.1) is 0 Å².